The number of aliphatic hydroxyl groups is 1. The van der Waals surface area contributed by atoms with Crippen molar-refractivity contribution in [1.29, 1.82) is 0 Å². The number of benzene rings is 2. The van der Waals surface area contributed by atoms with Crippen LogP contribution in [-0.4, -0.2) is 49.1 Å². The van der Waals surface area contributed by atoms with E-state index in [4.69, 9.17) is 26.7 Å². The molecule has 0 bridgehead atoms. The second-order valence-electron chi connectivity index (χ2n) is 6.91. The molecule has 0 spiro atoms. The topological polar surface area (TPSA) is 82.0 Å². The first-order valence-electron chi connectivity index (χ1n) is 9.69. The molecule has 2 rings (SSSR count). The average molecular weight is 421 g/mol. The smallest absolute Gasteiger partial charge is 0.245 e. The van der Waals surface area contributed by atoms with Crippen LogP contribution in [-0.2, 0) is 16.0 Å². The molecule has 2 atom stereocenters. The van der Waals surface area contributed by atoms with Crippen LogP contribution in [0, 0.1) is 0 Å². The number of hydroxylamine groups is 1. The van der Waals surface area contributed by atoms with E-state index in [9.17, 15) is 4.79 Å². The summed E-state index contributed by atoms with van der Waals surface area (Å²) >= 11 is 6.01. The minimum absolute atomic E-state index is 0.0504. The number of carbonyl (C=O) groups excluding carboxylic acids is 1. The first-order valence-corrected chi connectivity index (χ1v) is 10.1. The number of nitrogens with zero attached hydrogens (tertiary/aromatic N) is 1. The van der Waals surface area contributed by atoms with Gasteiger partial charge in [0.15, 0.2) is 0 Å². The lowest BCUT2D eigenvalue weighted by Crippen LogP contribution is -2.31. The van der Waals surface area contributed by atoms with Crippen molar-refractivity contribution in [3.8, 4) is 0 Å². The fourth-order valence-electron chi connectivity index (χ4n) is 3.35. The molecule has 2 unspecified atom stereocenters. The zero-order valence-corrected chi connectivity index (χ0v) is 17.6. The van der Waals surface area contributed by atoms with Gasteiger partial charge in [-0.25, -0.2) is 5.48 Å². The van der Waals surface area contributed by atoms with Crippen LogP contribution in [0.3, 0.4) is 0 Å². The van der Waals surface area contributed by atoms with Crippen molar-refractivity contribution in [3.63, 3.8) is 0 Å². The molecule has 3 N–H and O–H groups in total. The molecule has 0 aliphatic carbocycles. The van der Waals surface area contributed by atoms with Crippen molar-refractivity contribution < 1.29 is 19.8 Å². The number of anilines is 1. The van der Waals surface area contributed by atoms with Crippen LogP contribution in [0.4, 0.5) is 5.69 Å². The highest BCUT2D eigenvalue weighted by Crippen LogP contribution is 2.30. The molecule has 29 heavy (non-hydrogen) atoms. The van der Waals surface area contributed by atoms with E-state index in [1.165, 1.54) is 0 Å². The van der Waals surface area contributed by atoms with Gasteiger partial charge in [0.05, 0.1) is 19.1 Å². The lowest BCUT2D eigenvalue weighted by molar-refractivity contribution is -0.132. The Kier molecular flexibility index (Phi) is 9.41. The lowest BCUT2D eigenvalue weighted by Gasteiger charge is -2.28. The molecule has 0 aliphatic heterocycles. The number of carbonyl (C=O) groups is 1. The molecule has 0 saturated carbocycles. The maximum absolute atomic E-state index is 11.9. The minimum Gasteiger partial charge on any atom is -0.395 e. The molecule has 6 nitrogen and oxygen atoms in total. The Morgan fingerprint density at radius 1 is 1.17 bits per heavy atom. The van der Waals surface area contributed by atoms with Crippen LogP contribution in [0.25, 0.3) is 0 Å². The molecule has 158 valence electrons. The van der Waals surface area contributed by atoms with Gasteiger partial charge in [0.25, 0.3) is 0 Å². The first-order chi connectivity index (χ1) is 14.0. The van der Waals surface area contributed by atoms with E-state index < -0.39 is 12.0 Å². The van der Waals surface area contributed by atoms with Crippen molar-refractivity contribution in [2.45, 2.75) is 31.8 Å². The summed E-state index contributed by atoms with van der Waals surface area (Å²) in [6.45, 7) is 2.97. The number of halogens is 1. The second-order valence-corrected chi connectivity index (χ2v) is 7.34. The Hall–Kier alpha value is -2.12. The monoisotopic (exact) mass is 420 g/mol. The summed E-state index contributed by atoms with van der Waals surface area (Å²) in [5, 5.41) is 18.8. The largest absolute Gasteiger partial charge is 0.395 e. The van der Waals surface area contributed by atoms with Crippen molar-refractivity contribution in [3.05, 3.63) is 64.7 Å². The van der Waals surface area contributed by atoms with E-state index in [-0.39, 0.29) is 18.9 Å². The van der Waals surface area contributed by atoms with Gasteiger partial charge >= 0.3 is 0 Å². The van der Waals surface area contributed by atoms with Crippen LogP contribution in [0.5, 0.6) is 0 Å². The molecule has 0 heterocycles. The SMILES string of the molecule is CCOC(CC(=O)NO)C(Cc1ccc(Cl)cc1)c1ccc(N(C)CCO)cc1. The van der Waals surface area contributed by atoms with Crippen molar-refractivity contribution in [2.24, 2.45) is 0 Å². The van der Waals surface area contributed by atoms with Crippen LogP contribution in [0.2, 0.25) is 5.02 Å². The Bertz CT molecular complexity index is 752. The zero-order chi connectivity index (χ0) is 21.2. The summed E-state index contributed by atoms with van der Waals surface area (Å²) < 4.78 is 5.90. The third-order valence-electron chi connectivity index (χ3n) is 4.91. The molecular formula is C22H29ClN2O4. The highest BCUT2D eigenvalue weighted by atomic mass is 35.5. The number of likely N-dealkylation sites (N-methyl/N-ethyl adjacent to an activating group) is 1. The Balaban J connectivity index is 2.33. The Morgan fingerprint density at radius 2 is 1.83 bits per heavy atom. The van der Waals surface area contributed by atoms with E-state index in [0.29, 0.717) is 24.6 Å². The maximum atomic E-state index is 11.9. The lowest BCUT2D eigenvalue weighted by atomic mass is 9.85. The van der Waals surface area contributed by atoms with Gasteiger partial charge in [-0.05, 0) is 48.7 Å². The molecule has 1 amide bonds. The van der Waals surface area contributed by atoms with Crippen molar-refractivity contribution >= 4 is 23.2 Å². The number of hydrogen-bond donors (Lipinski definition) is 3. The molecule has 0 radical (unpaired) electrons. The predicted molar refractivity (Wildman–Crippen MR) is 115 cm³/mol. The number of rotatable bonds is 11. The summed E-state index contributed by atoms with van der Waals surface area (Å²) in [4.78, 5) is 13.8. The molecule has 7 heteroatoms. The van der Waals surface area contributed by atoms with Gasteiger partial charge in [0.2, 0.25) is 5.91 Å². The number of aliphatic hydroxyl groups excluding tert-OH is 1. The van der Waals surface area contributed by atoms with E-state index >= 15 is 0 Å². The van der Waals surface area contributed by atoms with Crippen LogP contribution >= 0.6 is 11.6 Å². The van der Waals surface area contributed by atoms with E-state index in [0.717, 1.165) is 16.8 Å². The Morgan fingerprint density at radius 3 is 2.38 bits per heavy atom. The van der Waals surface area contributed by atoms with Crippen LogP contribution < -0.4 is 10.4 Å². The summed E-state index contributed by atoms with van der Waals surface area (Å²) in [7, 11) is 1.92. The molecule has 0 aromatic heterocycles. The van der Waals surface area contributed by atoms with Gasteiger partial charge < -0.3 is 14.7 Å². The first kappa shape index (κ1) is 23.2. The normalized spacial score (nSPS) is 13.0. The van der Waals surface area contributed by atoms with Gasteiger partial charge in [-0.1, -0.05) is 35.9 Å². The minimum atomic E-state index is -0.483. The summed E-state index contributed by atoms with van der Waals surface area (Å²) in [6.07, 6.45) is 0.310. The van der Waals surface area contributed by atoms with Gasteiger partial charge in [-0.2, -0.15) is 0 Å². The fourth-order valence-corrected chi connectivity index (χ4v) is 3.48. The molecule has 0 aliphatic rings. The van der Waals surface area contributed by atoms with Gasteiger partial charge in [-0.15, -0.1) is 0 Å². The summed E-state index contributed by atoms with van der Waals surface area (Å²) in [5.41, 5.74) is 4.81. The Labute approximate surface area is 177 Å². The van der Waals surface area contributed by atoms with Crippen LogP contribution in [0.1, 0.15) is 30.4 Å². The second kappa shape index (κ2) is 11.8. The van der Waals surface area contributed by atoms with Gasteiger partial charge in [-0.3, -0.25) is 10.0 Å². The third-order valence-corrected chi connectivity index (χ3v) is 5.16. The quantitative estimate of drug-likeness (QED) is 0.383. The highest BCUT2D eigenvalue weighted by molar-refractivity contribution is 6.30. The number of ether oxygens (including phenoxy) is 1. The highest BCUT2D eigenvalue weighted by Gasteiger charge is 2.27. The standard InChI is InChI=1S/C22H29ClN2O4/c1-3-29-21(15-22(27)24-28)20(14-16-4-8-18(23)9-5-16)17-6-10-19(11-7-17)25(2)12-13-26/h4-11,20-21,26,28H,3,12-15H2,1-2H3,(H,24,27). The summed E-state index contributed by atoms with van der Waals surface area (Å²) in [6, 6.07) is 15.7. The number of nitrogens with one attached hydrogen (secondary N) is 1. The molecule has 2 aromatic carbocycles. The van der Waals surface area contributed by atoms with Crippen LogP contribution in [0.15, 0.2) is 48.5 Å². The van der Waals surface area contributed by atoms with E-state index in [1.54, 1.807) is 5.48 Å². The van der Waals surface area contributed by atoms with E-state index in [2.05, 4.69) is 0 Å². The zero-order valence-electron chi connectivity index (χ0n) is 16.8. The van der Waals surface area contributed by atoms with Gasteiger partial charge in [0.1, 0.15) is 0 Å². The maximum Gasteiger partial charge on any atom is 0.245 e. The van der Waals surface area contributed by atoms with Crippen molar-refractivity contribution in [2.75, 3.05) is 31.7 Å². The number of hydrogen-bond acceptors (Lipinski definition) is 5. The molecular weight excluding hydrogens is 392 g/mol. The van der Waals surface area contributed by atoms with E-state index in [1.807, 2.05) is 67.4 Å². The van der Waals surface area contributed by atoms with Gasteiger partial charge in [0, 0.05) is 36.8 Å². The molecule has 2 aromatic rings. The number of amides is 1. The average Bonchev–Trinajstić information content (AvgIpc) is 2.73. The molecule has 0 saturated heterocycles. The third kappa shape index (κ3) is 7.01. The fraction of sp³-hybridized carbons (Fsp3) is 0.409. The van der Waals surface area contributed by atoms with Crippen molar-refractivity contribution in [1.82, 2.24) is 5.48 Å². The molecule has 0 fully saturated rings. The predicted octanol–water partition coefficient (Wildman–Crippen LogP) is 3.40. The summed E-state index contributed by atoms with van der Waals surface area (Å²) in [5.74, 6) is -0.575.